The molecule has 0 aliphatic carbocycles. The van der Waals surface area contributed by atoms with Gasteiger partial charge in [0.25, 0.3) is 0 Å². The monoisotopic (exact) mass is 335 g/mol. The van der Waals surface area contributed by atoms with E-state index < -0.39 is 24.5 Å². The van der Waals surface area contributed by atoms with E-state index in [-0.39, 0.29) is 6.61 Å². The van der Waals surface area contributed by atoms with Crippen LogP contribution in [-0.4, -0.2) is 66.3 Å². The number of fused-ring (bicyclic) bond motifs is 1. The summed E-state index contributed by atoms with van der Waals surface area (Å²) in [4.78, 5) is 12.7. The van der Waals surface area contributed by atoms with Gasteiger partial charge in [-0.15, -0.1) is 0 Å². The molecule has 3 rings (SSSR count). The minimum absolute atomic E-state index is 0.383. The largest absolute Gasteiger partial charge is 0.394 e. The summed E-state index contributed by atoms with van der Waals surface area (Å²) in [6.07, 6.45) is 0.823. The summed E-state index contributed by atoms with van der Waals surface area (Å²) in [5, 5.41) is 32.4. The quantitative estimate of drug-likeness (QED) is 0.554. The zero-order valence-corrected chi connectivity index (χ0v) is 13.5. The predicted octanol–water partition coefficient (Wildman–Crippen LogP) is -0.184. The fourth-order valence-electron chi connectivity index (χ4n) is 2.63. The molecule has 0 saturated carbocycles. The number of aliphatic hydroxyl groups is 3. The van der Waals surface area contributed by atoms with Crippen molar-refractivity contribution in [3.05, 3.63) is 24.3 Å². The molecule has 0 amide bonds. The molecule has 2 aromatic heterocycles. The normalized spacial score (nSPS) is 26.7. The Morgan fingerprint density at radius 3 is 2.75 bits per heavy atom. The van der Waals surface area contributed by atoms with Crippen molar-refractivity contribution in [1.82, 2.24) is 19.5 Å². The number of nitrogens with one attached hydrogen (secondary N) is 1. The van der Waals surface area contributed by atoms with Gasteiger partial charge in [0.1, 0.15) is 24.6 Å². The summed E-state index contributed by atoms with van der Waals surface area (Å²) in [5.41, 5.74) is 2.20. The smallest absolute Gasteiger partial charge is 0.167 e. The Balaban J connectivity index is 1.90. The number of allylic oxidation sites excluding steroid dienone is 1. The van der Waals surface area contributed by atoms with Crippen LogP contribution in [0.3, 0.4) is 0 Å². The van der Waals surface area contributed by atoms with E-state index in [9.17, 15) is 15.3 Å². The topological polar surface area (TPSA) is 126 Å². The first kappa shape index (κ1) is 16.8. The van der Waals surface area contributed by atoms with Crippen LogP contribution in [0.1, 0.15) is 20.1 Å². The van der Waals surface area contributed by atoms with Crippen molar-refractivity contribution < 1.29 is 20.1 Å². The molecule has 1 saturated heterocycles. The van der Waals surface area contributed by atoms with Crippen LogP contribution in [0.15, 0.2) is 24.3 Å². The van der Waals surface area contributed by atoms with Crippen molar-refractivity contribution in [2.75, 3.05) is 18.5 Å². The van der Waals surface area contributed by atoms with Crippen LogP contribution in [0.25, 0.3) is 11.2 Å². The van der Waals surface area contributed by atoms with E-state index in [1.807, 2.05) is 19.9 Å². The highest BCUT2D eigenvalue weighted by Crippen LogP contribution is 2.31. The Bertz CT molecular complexity index is 743. The zero-order valence-electron chi connectivity index (χ0n) is 13.5. The molecular formula is C15H21N5O4. The second-order valence-corrected chi connectivity index (χ2v) is 5.94. The van der Waals surface area contributed by atoms with Gasteiger partial charge in [-0.05, 0) is 13.8 Å². The maximum absolute atomic E-state index is 10.2. The summed E-state index contributed by atoms with van der Waals surface area (Å²) in [6.45, 7) is 4.24. The molecule has 2 aromatic rings. The molecule has 0 radical (unpaired) electrons. The molecule has 0 bridgehead atoms. The molecular weight excluding hydrogens is 314 g/mol. The zero-order chi connectivity index (χ0) is 17.3. The highest BCUT2D eigenvalue weighted by molar-refractivity contribution is 5.82. The van der Waals surface area contributed by atoms with Crippen LogP contribution >= 0.6 is 0 Å². The molecule has 1 aliphatic heterocycles. The third kappa shape index (κ3) is 2.98. The van der Waals surface area contributed by atoms with Crippen LogP contribution in [0.2, 0.25) is 0 Å². The van der Waals surface area contributed by atoms with Crippen LogP contribution in [0.4, 0.5) is 5.82 Å². The van der Waals surface area contributed by atoms with Gasteiger partial charge >= 0.3 is 0 Å². The fraction of sp³-hybridized carbons (Fsp3) is 0.533. The molecule has 1 fully saturated rings. The number of imidazole rings is 1. The summed E-state index contributed by atoms with van der Waals surface area (Å²) in [7, 11) is 0. The Kier molecular flexibility index (Phi) is 4.76. The van der Waals surface area contributed by atoms with Crippen molar-refractivity contribution in [1.29, 1.82) is 0 Å². The Morgan fingerprint density at radius 1 is 1.29 bits per heavy atom. The third-order valence-electron chi connectivity index (χ3n) is 3.93. The first-order valence-electron chi connectivity index (χ1n) is 7.70. The van der Waals surface area contributed by atoms with E-state index in [0.717, 1.165) is 0 Å². The lowest BCUT2D eigenvalue weighted by Crippen LogP contribution is -2.33. The maximum Gasteiger partial charge on any atom is 0.167 e. The molecule has 1 aliphatic rings. The average Bonchev–Trinajstić information content (AvgIpc) is 3.10. The van der Waals surface area contributed by atoms with Crippen LogP contribution < -0.4 is 5.32 Å². The number of aliphatic hydroxyl groups excluding tert-OH is 3. The Hall–Kier alpha value is -2.07. The summed E-state index contributed by atoms with van der Waals surface area (Å²) >= 11 is 0. The minimum Gasteiger partial charge on any atom is -0.394 e. The van der Waals surface area contributed by atoms with Crippen LogP contribution in [0, 0.1) is 0 Å². The van der Waals surface area contributed by atoms with Gasteiger partial charge in [-0.1, -0.05) is 11.6 Å². The van der Waals surface area contributed by atoms with Crippen molar-refractivity contribution in [3.63, 3.8) is 0 Å². The van der Waals surface area contributed by atoms with E-state index >= 15 is 0 Å². The van der Waals surface area contributed by atoms with Crippen LogP contribution in [-0.2, 0) is 4.74 Å². The molecule has 2 unspecified atom stereocenters. The maximum atomic E-state index is 10.2. The molecule has 24 heavy (non-hydrogen) atoms. The highest BCUT2D eigenvalue weighted by atomic mass is 16.6. The van der Waals surface area contributed by atoms with Crippen molar-refractivity contribution in [3.8, 4) is 0 Å². The van der Waals surface area contributed by atoms with Gasteiger partial charge in [0.15, 0.2) is 23.2 Å². The number of ether oxygens (including phenoxy) is 1. The first-order chi connectivity index (χ1) is 11.5. The number of aromatic nitrogens is 4. The molecule has 9 heteroatoms. The van der Waals surface area contributed by atoms with Gasteiger partial charge in [0, 0.05) is 6.54 Å². The van der Waals surface area contributed by atoms with E-state index in [2.05, 4.69) is 20.3 Å². The van der Waals surface area contributed by atoms with E-state index in [0.29, 0.717) is 23.5 Å². The van der Waals surface area contributed by atoms with Crippen molar-refractivity contribution in [2.24, 2.45) is 0 Å². The number of nitrogens with zero attached hydrogens (tertiary/aromatic N) is 4. The SMILES string of the molecule is CC(C)=CCNc1ncnc2c1ncn2[C@@H]1O[C@H](CO)C(O)C1O. The molecule has 4 atom stereocenters. The summed E-state index contributed by atoms with van der Waals surface area (Å²) in [5.74, 6) is 0.572. The highest BCUT2D eigenvalue weighted by Gasteiger charge is 2.43. The second kappa shape index (κ2) is 6.81. The van der Waals surface area contributed by atoms with Gasteiger partial charge in [0.2, 0.25) is 0 Å². The molecule has 4 N–H and O–H groups in total. The molecule has 0 spiro atoms. The lowest BCUT2D eigenvalue weighted by Gasteiger charge is -2.16. The van der Waals surface area contributed by atoms with Gasteiger partial charge in [0.05, 0.1) is 12.9 Å². The number of hydrogen-bond donors (Lipinski definition) is 4. The minimum atomic E-state index is -1.18. The Morgan fingerprint density at radius 2 is 2.08 bits per heavy atom. The molecule has 130 valence electrons. The molecule has 3 heterocycles. The fourth-order valence-corrected chi connectivity index (χ4v) is 2.63. The standard InChI is InChI=1S/C15H21N5O4/c1-8(2)3-4-16-13-10-14(18-6-17-13)20(7-19-10)15-12(23)11(22)9(5-21)24-15/h3,6-7,9,11-12,15,21-23H,4-5H2,1-2H3,(H,16,17,18)/t9-,11?,12?,15-/m1/s1. The van der Waals surface area contributed by atoms with Crippen molar-refractivity contribution in [2.45, 2.75) is 38.4 Å². The van der Waals surface area contributed by atoms with E-state index in [1.54, 1.807) is 0 Å². The molecule has 9 nitrogen and oxygen atoms in total. The summed E-state index contributed by atoms with van der Waals surface area (Å²) in [6, 6.07) is 0. The second-order valence-electron chi connectivity index (χ2n) is 5.94. The number of rotatable bonds is 5. The van der Waals surface area contributed by atoms with E-state index in [4.69, 9.17) is 4.74 Å². The van der Waals surface area contributed by atoms with E-state index in [1.165, 1.54) is 22.8 Å². The average molecular weight is 335 g/mol. The van der Waals surface area contributed by atoms with Crippen molar-refractivity contribution >= 4 is 17.0 Å². The van der Waals surface area contributed by atoms with Gasteiger partial charge in [-0.3, -0.25) is 4.57 Å². The lowest BCUT2D eigenvalue weighted by molar-refractivity contribution is -0.0511. The predicted molar refractivity (Wildman–Crippen MR) is 86.3 cm³/mol. The van der Waals surface area contributed by atoms with Crippen LogP contribution in [0.5, 0.6) is 0 Å². The summed E-state index contributed by atoms with van der Waals surface area (Å²) < 4.78 is 7.06. The first-order valence-corrected chi connectivity index (χ1v) is 7.70. The molecule has 0 aromatic carbocycles. The number of anilines is 1. The van der Waals surface area contributed by atoms with Gasteiger partial charge in [-0.25, -0.2) is 15.0 Å². The van der Waals surface area contributed by atoms with Gasteiger partial charge < -0.3 is 25.4 Å². The number of hydrogen-bond acceptors (Lipinski definition) is 8. The Labute approximate surface area is 138 Å². The third-order valence-corrected chi connectivity index (χ3v) is 3.93. The lowest BCUT2D eigenvalue weighted by atomic mass is 10.1. The van der Waals surface area contributed by atoms with Gasteiger partial charge in [-0.2, -0.15) is 0 Å².